The van der Waals surface area contributed by atoms with Crippen molar-refractivity contribution in [2.75, 3.05) is 46.7 Å². The molecule has 0 aliphatic carbocycles. The van der Waals surface area contributed by atoms with E-state index in [9.17, 15) is 13.2 Å². The number of likely N-dealkylation sites (N-methyl/N-ethyl adjacent to an activating group) is 1. The molecule has 0 bridgehead atoms. The van der Waals surface area contributed by atoms with E-state index >= 15 is 0 Å². The molecule has 0 saturated carbocycles. The van der Waals surface area contributed by atoms with Crippen LogP contribution in [0.3, 0.4) is 0 Å². The van der Waals surface area contributed by atoms with Crippen LogP contribution < -0.4 is 0 Å². The molecule has 122 valence electrons. The van der Waals surface area contributed by atoms with Crippen LogP contribution in [-0.4, -0.2) is 81.9 Å². The number of amides is 1. The summed E-state index contributed by atoms with van der Waals surface area (Å²) in [5.74, 6) is -0.0858. The average Bonchev–Trinajstić information content (AvgIpc) is 2.78. The molecule has 0 unspecified atom stereocenters. The van der Waals surface area contributed by atoms with E-state index in [-0.39, 0.29) is 18.6 Å². The van der Waals surface area contributed by atoms with Crippen LogP contribution in [-0.2, 0) is 24.3 Å². The van der Waals surface area contributed by atoms with Gasteiger partial charge < -0.3 is 14.4 Å². The summed E-state index contributed by atoms with van der Waals surface area (Å²) in [6, 6.07) is 0. The van der Waals surface area contributed by atoms with Gasteiger partial charge in [0.1, 0.15) is 6.61 Å². The van der Waals surface area contributed by atoms with E-state index in [1.54, 1.807) is 14.1 Å². The van der Waals surface area contributed by atoms with Crippen LogP contribution in [0, 0.1) is 0 Å². The Morgan fingerprint density at radius 2 is 2.19 bits per heavy atom. The van der Waals surface area contributed by atoms with Crippen LogP contribution >= 0.6 is 0 Å². The van der Waals surface area contributed by atoms with E-state index in [0.29, 0.717) is 26.1 Å². The van der Waals surface area contributed by atoms with E-state index in [1.165, 1.54) is 15.5 Å². The lowest BCUT2D eigenvalue weighted by atomic mass is 9.90. The van der Waals surface area contributed by atoms with Crippen molar-refractivity contribution in [1.29, 1.82) is 0 Å². The highest BCUT2D eigenvalue weighted by atomic mass is 32.2. The molecule has 0 aromatic rings. The first-order chi connectivity index (χ1) is 9.72. The first-order valence-electron chi connectivity index (χ1n) is 7.13. The van der Waals surface area contributed by atoms with Gasteiger partial charge in [0.2, 0.25) is 15.9 Å². The minimum absolute atomic E-state index is 0.0346. The molecular formula is C13H24N2O5S. The van der Waals surface area contributed by atoms with Crippen molar-refractivity contribution in [2.45, 2.75) is 31.0 Å². The Hall–Kier alpha value is -0.700. The van der Waals surface area contributed by atoms with Gasteiger partial charge in [-0.05, 0) is 12.8 Å². The minimum Gasteiger partial charge on any atom is -0.371 e. The van der Waals surface area contributed by atoms with Crippen molar-refractivity contribution in [2.24, 2.45) is 0 Å². The Morgan fingerprint density at radius 3 is 2.81 bits per heavy atom. The Balaban J connectivity index is 1.90. The first kappa shape index (κ1) is 16.7. The molecule has 1 amide bonds. The molecule has 0 aromatic carbocycles. The van der Waals surface area contributed by atoms with Gasteiger partial charge >= 0.3 is 0 Å². The SMILES string of the molecule is CN(C)C(=O)CO[C@H]1CO[C@]2(CCCN(S(C)(=O)=O)C2)C1. The molecular weight excluding hydrogens is 296 g/mol. The fourth-order valence-electron chi connectivity index (χ4n) is 2.85. The van der Waals surface area contributed by atoms with E-state index in [0.717, 1.165) is 12.8 Å². The van der Waals surface area contributed by atoms with Crippen LogP contribution in [0.25, 0.3) is 0 Å². The van der Waals surface area contributed by atoms with Crippen LogP contribution in [0.2, 0.25) is 0 Å². The van der Waals surface area contributed by atoms with Crippen LogP contribution in [0.1, 0.15) is 19.3 Å². The molecule has 2 aliphatic heterocycles. The third kappa shape index (κ3) is 4.15. The summed E-state index contributed by atoms with van der Waals surface area (Å²) in [5, 5.41) is 0. The predicted octanol–water partition coefficient (Wildman–Crippen LogP) is -0.326. The molecule has 2 fully saturated rings. The lowest BCUT2D eigenvalue weighted by Crippen LogP contribution is -2.49. The number of hydrogen-bond donors (Lipinski definition) is 0. The van der Waals surface area contributed by atoms with Crippen LogP contribution in [0.5, 0.6) is 0 Å². The van der Waals surface area contributed by atoms with Gasteiger partial charge in [0.05, 0.1) is 24.6 Å². The monoisotopic (exact) mass is 320 g/mol. The molecule has 1 spiro atoms. The Labute approximate surface area is 126 Å². The molecule has 0 radical (unpaired) electrons. The zero-order valence-electron chi connectivity index (χ0n) is 12.9. The molecule has 7 nitrogen and oxygen atoms in total. The van der Waals surface area contributed by atoms with Crippen molar-refractivity contribution >= 4 is 15.9 Å². The molecule has 21 heavy (non-hydrogen) atoms. The molecule has 0 N–H and O–H groups in total. The number of hydrogen-bond acceptors (Lipinski definition) is 5. The van der Waals surface area contributed by atoms with Gasteiger partial charge in [-0.2, -0.15) is 4.31 Å². The summed E-state index contributed by atoms with van der Waals surface area (Å²) in [6.07, 6.45) is 3.34. The second-order valence-electron chi connectivity index (χ2n) is 6.12. The van der Waals surface area contributed by atoms with Crippen LogP contribution in [0.15, 0.2) is 0 Å². The zero-order chi connectivity index (χ0) is 15.7. The van der Waals surface area contributed by atoms with Crippen molar-refractivity contribution < 1.29 is 22.7 Å². The molecule has 2 rings (SSSR count). The normalized spacial score (nSPS) is 30.7. The highest BCUT2D eigenvalue weighted by Crippen LogP contribution is 2.36. The number of nitrogens with zero attached hydrogens (tertiary/aromatic N) is 2. The molecule has 8 heteroatoms. The Bertz CT molecular complexity index is 493. The third-order valence-corrected chi connectivity index (χ3v) is 5.34. The maximum atomic E-state index is 11.7. The number of sulfonamides is 1. The zero-order valence-corrected chi connectivity index (χ0v) is 13.7. The molecule has 2 aliphatic rings. The Morgan fingerprint density at radius 1 is 1.48 bits per heavy atom. The predicted molar refractivity (Wildman–Crippen MR) is 77.4 cm³/mol. The third-order valence-electron chi connectivity index (χ3n) is 4.09. The topological polar surface area (TPSA) is 76.2 Å². The van der Waals surface area contributed by atoms with Crippen molar-refractivity contribution in [1.82, 2.24) is 9.21 Å². The van der Waals surface area contributed by atoms with E-state index < -0.39 is 15.6 Å². The highest BCUT2D eigenvalue weighted by molar-refractivity contribution is 7.88. The molecule has 2 saturated heterocycles. The minimum atomic E-state index is -3.19. The Kier molecular flexibility index (Phi) is 4.92. The van der Waals surface area contributed by atoms with E-state index in [2.05, 4.69) is 0 Å². The smallest absolute Gasteiger partial charge is 0.248 e. The maximum Gasteiger partial charge on any atom is 0.248 e. The summed E-state index contributed by atoms with van der Waals surface area (Å²) in [7, 11) is 0.176. The van der Waals surface area contributed by atoms with Gasteiger partial charge in [0.15, 0.2) is 0 Å². The number of rotatable bonds is 4. The standard InChI is InChI=1S/C13H24N2O5S/c1-14(2)12(16)9-19-11-7-13(20-8-11)5-4-6-15(10-13)21(3,17)18/h11H,4-10H2,1-3H3/t11-,13-/m1/s1. The second kappa shape index (κ2) is 6.20. The van der Waals surface area contributed by atoms with Gasteiger partial charge in [-0.1, -0.05) is 0 Å². The van der Waals surface area contributed by atoms with Gasteiger partial charge in [-0.3, -0.25) is 4.79 Å². The van der Waals surface area contributed by atoms with E-state index in [4.69, 9.17) is 9.47 Å². The fourth-order valence-corrected chi connectivity index (χ4v) is 3.78. The average molecular weight is 320 g/mol. The largest absolute Gasteiger partial charge is 0.371 e. The molecule has 2 heterocycles. The summed E-state index contributed by atoms with van der Waals surface area (Å²) < 4.78 is 36.3. The molecule has 0 aromatic heterocycles. The number of ether oxygens (including phenoxy) is 2. The summed E-state index contributed by atoms with van der Waals surface area (Å²) >= 11 is 0. The quantitative estimate of drug-likeness (QED) is 0.709. The van der Waals surface area contributed by atoms with Crippen LogP contribution in [0.4, 0.5) is 0 Å². The van der Waals surface area contributed by atoms with Crippen molar-refractivity contribution in [3.05, 3.63) is 0 Å². The summed E-state index contributed by atoms with van der Waals surface area (Å²) in [5.41, 5.74) is -0.451. The second-order valence-corrected chi connectivity index (χ2v) is 8.10. The van der Waals surface area contributed by atoms with Crippen molar-refractivity contribution in [3.63, 3.8) is 0 Å². The van der Waals surface area contributed by atoms with Gasteiger partial charge in [-0.25, -0.2) is 8.42 Å². The lowest BCUT2D eigenvalue weighted by Gasteiger charge is -2.38. The lowest BCUT2D eigenvalue weighted by molar-refractivity contribution is -0.135. The maximum absolute atomic E-state index is 11.7. The number of carbonyl (C=O) groups excluding carboxylic acids is 1. The van der Waals surface area contributed by atoms with Gasteiger partial charge in [0.25, 0.3) is 0 Å². The van der Waals surface area contributed by atoms with Gasteiger partial charge in [-0.15, -0.1) is 0 Å². The number of piperidine rings is 1. The highest BCUT2D eigenvalue weighted by Gasteiger charge is 2.45. The summed E-state index contributed by atoms with van der Waals surface area (Å²) in [6.45, 7) is 1.38. The first-order valence-corrected chi connectivity index (χ1v) is 8.97. The van der Waals surface area contributed by atoms with E-state index in [1.807, 2.05) is 0 Å². The summed E-state index contributed by atoms with van der Waals surface area (Å²) in [4.78, 5) is 13.0. The molecule has 2 atom stereocenters. The number of carbonyl (C=O) groups is 1. The van der Waals surface area contributed by atoms with Gasteiger partial charge in [0, 0.05) is 33.6 Å². The van der Waals surface area contributed by atoms with Crippen molar-refractivity contribution in [3.8, 4) is 0 Å². The fraction of sp³-hybridized carbons (Fsp3) is 0.923.